The van der Waals surface area contributed by atoms with Gasteiger partial charge in [0.15, 0.2) is 20.4 Å². The molecule has 4 aliphatic rings. The number of aromatic hydroxyl groups is 1. The summed E-state index contributed by atoms with van der Waals surface area (Å²) < 4.78 is 41.7. The minimum atomic E-state index is -3.37. The van der Waals surface area contributed by atoms with Crippen molar-refractivity contribution in [3.63, 3.8) is 0 Å². The molecule has 7 atom stereocenters. The Morgan fingerprint density at radius 2 is 1.70 bits per heavy atom. The van der Waals surface area contributed by atoms with Crippen LogP contribution in [-0.2, 0) is 23.2 Å². The molecular formula is C54H70N10O10S3. The Morgan fingerprint density at radius 1 is 0.948 bits per heavy atom. The van der Waals surface area contributed by atoms with E-state index in [1.807, 2.05) is 69.6 Å². The highest BCUT2D eigenvalue weighted by atomic mass is 33.1. The number of ether oxygens (including phenoxy) is 2. The molecule has 3 N–H and O–H groups in total. The summed E-state index contributed by atoms with van der Waals surface area (Å²) in [5.74, 6) is -0.0834. The fourth-order valence-electron chi connectivity index (χ4n) is 10.9. The number of aliphatic hydroxyl groups excluding tert-OH is 1. The van der Waals surface area contributed by atoms with Gasteiger partial charge in [-0.15, -0.1) is 21.5 Å². The maximum absolute atomic E-state index is 14.3. The number of aryl methyl sites for hydroxylation is 1. The van der Waals surface area contributed by atoms with E-state index in [-0.39, 0.29) is 54.4 Å². The Balaban J connectivity index is 0.758. The molecule has 3 amide bonds. The predicted molar refractivity (Wildman–Crippen MR) is 296 cm³/mol. The SMILES string of the molecule is Cc1ncsc1-c1ccc(C(C)NC(=O)C2CC(O)CN2C(=O)C(c2cc(OCCN3CCC(CN4CCN5c6cc(-c7ccccc7O)nnc6N(C(=O)OC(C)C(C)SS(C)(=O)=O)CC5C4)CC3)no2)C(C)C)cc1. The van der Waals surface area contributed by atoms with Gasteiger partial charge in [-0.3, -0.25) is 24.3 Å². The van der Waals surface area contributed by atoms with E-state index in [4.69, 9.17) is 14.0 Å². The lowest BCUT2D eigenvalue weighted by molar-refractivity contribution is -0.141. The van der Waals surface area contributed by atoms with Gasteiger partial charge in [0, 0.05) is 63.6 Å². The maximum atomic E-state index is 14.3. The fourth-order valence-corrected chi connectivity index (χ4v) is 14.6. The monoisotopic (exact) mass is 1110 g/mol. The highest BCUT2D eigenvalue weighted by molar-refractivity contribution is 8.72. The van der Waals surface area contributed by atoms with Crippen LogP contribution in [0.1, 0.15) is 82.9 Å². The number of aliphatic hydroxyl groups is 1. The van der Waals surface area contributed by atoms with E-state index in [0.717, 1.165) is 77.8 Å². The van der Waals surface area contributed by atoms with Crippen molar-refractivity contribution in [3.8, 4) is 33.3 Å². The molecule has 23 heteroatoms. The molecule has 2 aromatic carbocycles. The largest absolute Gasteiger partial charge is 0.507 e. The number of piperidine rings is 1. The summed E-state index contributed by atoms with van der Waals surface area (Å²) in [4.78, 5) is 57.5. The first-order chi connectivity index (χ1) is 36.8. The highest BCUT2D eigenvalue weighted by Gasteiger charge is 2.44. The summed E-state index contributed by atoms with van der Waals surface area (Å²) in [5.41, 5.74) is 6.48. The molecule has 0 bridgehead atoms. The molecule has 20 nitrogen and oxygen atoms in total. The van der Waals surface area contributed by atoms with Gasteiger partial charge in [-0.2, -0.15) is 0 Å². The predicted octanol–water partition coefficient (Wildman–Crippen LogP) is 6.56. The number of thiazole rings is 1. The van der Waals surface area contributed by atoms with E-state index in [1.165, 1.54) is 9.80 Å². The standard InChI is InChI=1S/C54H70N10O10S3/c1-32(2)49(53(68)63-30-41(65)24-45(63)52(67)56-33(3)38-12-14-39(15-13-38)50-34(4)55-31-75-50)47-26-48(59-74-47)72-23-22-60-18-16-37(17-19-60)27-61-20-21-62-40(28-61)29-64(54(69)73-35(5)36(6)76-77(7,70)71)51-44(62)25-43(57-58-51)42-10-8-9-11-46(42)66/h8-15,25-26,31-33,35-37,40-41,45,49,65-66H,16-24,27-30H2,1-7H3,(H,56,67). The van der Waals surface area contributed by atoms with E-state index < -0.39 is 44.4 Å². The van der Waals surface area contributed by atoms with Gasteiger partial charge in [0.05, 0.1) is 57.4 Å². The van der Waals surface area contributed by atoms with Crippen molar-refractivity contribution in [2.75, 3.05) is 81.6 Å². The average molecular weight is 1120 g/mol. The number of β-amino-alcohol motifs (C(OH)–C–C–N with tert-alkyl or cyclic N) is 1. The van der Waals surface area contributed by atoms with Gasteiger partial charge >= 0.3 is 6.09 Å². The van der Waals surface area contributed by atoms with E-state index in [2.05, 4.69) is 40.4 Å². The Hall–Kier alpha value is -5.85. The number of nitrogens with one attached hydrogen (secondary N) is 1. The number of carbonyl (C=O) groups excluding carboxylic acids is 3. The number of anilines is 2. The first-order valence-electron chi connectivity index (χ1n) is 26.4. The fraction of sp³-hybridized carbons (Fsp3) is 0.537. The maximum Gasteiger partial charge on any atom is 0.415 e. The van der Waals surface area contributed by atoms with Crippen LogP contribution in [-0.4, -0.2) is 173 Å². The van der Waals surface area contributed by atoms with Crippen molar-refractivity contribution >= 4 is 60.4 Å². The smallest absolute Gasteiger partial charge is 0.415 e. The van der Waals surface area contributed by atoms with Crippen molar-refractivity contribution < 1.29 is 47.0 Å². The Morgan fingerprint density at radius 3 is 2.40 bits per heavy atom. The van der Waals surface area contributed by atoms with E-state index >= 15 is 0 Å². The summed E-state index contributed by atoms with van der Waals surface area (Å²) in [6.07, 6.45) is 1.10. The lowest BCUT2D eigenvalue weighted by atomic mass is 9.91. The average Bonchev–Trinajstić information content (AvgIpc) is 4.20. The number of aromatic nitrogens is 4. The number of amides is 3. The summed E-state index contributed by atoms with van der Waals surface area (Å²) in [6, 6.07) is 17.2. The second-order valence-corrected chi connectivity index (χ2v) is 26.8. The highest BCUT2D eigenvalue weighted by Crippen LogP contribution is 2.40. The Kier molecular flexibility index (Phi) is 17.4. The van der Waals surface area contributed by atoms with Gasteiger partial charge in [0.1, 0.15) is 30.4 Å². The third kappa shape index (κ3) is 13.2. The minimum absolute atomic E-state index is 0.0332. The molecule has 0 aliphatic carbocycles. The molecule has 3 saturated heterocycles. The van der Waals surface area contributed by atoms with Crippen LogP contribution in [0.5, 0.6) is 11.6 Å². The number of carbonyl (C=O) groups is 3. The molecule has 9 rings (SSSR count). The van der Waals surface area contributed by atoms with Crippen LogP contribution in [0.25, 0.3) is 21.7 Å². The first kappa shape index (κ1) is 55.9. The van der Waals surface area contributed by atoms with Crippen LogP contribution >= 0.6 is 22.1 Å². The van der Waals surface area contributed by atoms with Crippen LogP contribution in [0, 0.1) is 18.8 Å². The number of hydrogen-bond acceptors (Lipinski definition) is 19. The van der Waals surface area contributed by atoms with Crippen molar-refractivity contribution in [1.29, 1.82) is 0 Å². The summed E-state index contributed by atoms with van der Waals surface area (Å²) in [5, 5.41) is 37.1. The van der Waals surface area contributed by atoms with E-state index in [9.17, 15) is 33.0 Å². The number of rotatable bonds is 18. The normalized spacial score (nSPS) is 21.1. The number of para-hydroxylation sites is 1. The minimum Gasteiger partial charge on any atom is -0.507 e. The van der Waals surface area contributed by atoms with Gasteiger partial charge in [0.2, 0.25) is 11.8 Å². The molecule has 3 fully saturated rings. The molecule has 0 radical (unpaired) electrons. The lowest BCUT2D eigenvalue weighted by Crippen LogP contribution is -2.61. The Labute approximate surface area is 457 Å². The summed E-state index contributed by atoms with van der Waals surface area (Å²) in [6.45, 7) is 17.4. The number of hydrogen-bond donors (Lipinski definition) is 3. The summed E-state index contributed by atoms with van der Waals surface area (Å²) in [7, 11) is -2.62. The zero-order valence-corrected chi connectivity index (χ0v) is 47.1. The number of nitrogens with zero attached hydrogens (tertiary/aromatic N) is 9. The number of benzene rings is 2. The van der Waals surface area contributed by atoms with E-state index in [0.29, 0.717) is 67.2 Å². The van der Waals surface area contributed by atoms with Crippen molar-refractivity contribution in [1.82, 2.24) is 40.4 Å². The van der Waals surface area contributed by atoms with Crippen LogP contribution < -0.4 is 19.9 Å². The van der Waals surface area contributed by atoms with E-state index in [1.54, 1.807) is 49.4 Å². The van der Waals surface area contributed by atoms with Gasteiger partial charge in [-0.1, -0.05) is 50.2 Å². The molecule has 3 aromatic heterocycles. The van der Waals surface area contributed by atoms with Crippen LogP contribution in [0.3, 0.4) is 0 Å². The number of piperazine rings is 1. The van der Waals surface area contributed by atoms with Gasteiger partial charge in [0.25, 0.3) is 5.88 Å². The van der Waals surface area contributed by atoms with Crippen LogP contribution in [0.2, 0.25) is 0 Å². The molecule has 7 unspecified atom stereocenters. The molecule has 414 valence electrons. The first-order valence-corrected chi connectivity index (χ1v) is 30.6. The number of fused-ring (bicyclic) bond motifs is 3. The van der Waals surface area contributed by atoms with Crippen molar-refractivity contribution in [2.45, 2.75) is 102 Å². The summed E-state index contributed by atoms with van der Waals surface area (Å²) >= 11 is 1.58. The number of likely N-dealkylation sites (tertiary alicyclic amines) is 2. The van der Waals surface area contributed by atoms with Crippen LogP contribution in [0.15, 0.2) is 70.7 Å². The molecular weight excluding hydrogens is 1040 g/mol. The topological polar surface area (TPSA) is 237 Å². The number of phenolic OH excluding ortho intramolecular Hbond substituents is 1. The van der Waals surface area contributed by atoms with Gasteiger partial charge in [-0.25, -0.2) is 18.2 Å². The second-order valence-electron chi connectivity index (χ2n) is 21.2. The molecule has 4 aliphatic heterocycles. The second kappa shape index (κ2) is 24.0. The zero-order chi connectivity index (χ0) is 54.7. The molecule has 77 heavy (non-hydrogen) atoms. The number of phenols is 1. The molecule has 0 saturated carbocycles. The Bertz CT molecular complexity index is 2990. The van der Waals surface area contributed by atoms with Crippen molar-refractivity contribution in [2.24, 2.45) is 11.8 Å². The molecule has 0 spiro atoms. The zero-order valence-electron chi connectivity index (χ0n) is 44.6. The third-order valence-corrected chi connectivity index (χ3v) is 19.2. The van der Waals surface area contributed by atoms with Crippen LogP contribution in [0.4, 0.5) is 16.3 Å². The molecule has 5 aromatic rings. The lowest BCUT2D eigenvalue weighted by Gasteiger charge is -2.48. The van der Waals surface area contributed by atoms with Gasteiger partial charge in [-0.05, 0) is 111 Å². The molecule has 7 heterocycles. The van der Waals surface area contributed by atoms with Crippen molar-refractivity contribution in [3.05, 3.63) is 83.2 Å². The third-order valence-electron chi connectivity index (χ3n) is 15.2. The van der Waals surface area contributed by atoms with Gasteiger partial charge < -0.3 is 39.3 Å². The quantitative estimate of drug-likeness (QED) is 0.0788.